The number of Topliss-reactive ketones (excluding diaryl/α,β-unsaturated/α-hetero) is 1. The maximum absolute atomic E-state index is 13.5. The van der Waals surface area contributed by atoms with Crippen LogP contribution in [0.2, 0.25) is 0 Å². The molecular weight excluding hydrogens is 356 g/mol. The molecule has 0 aliphatic rings. The van der Waals surface area contributed by atoms with E-state index in [-0.39, 0.29) is 12.2 Å². The van der Waals surface area contributed by atoms with Crippen LogP contribution < -0.4 is 0 Å². The Morgan fingerprint density at radius 3 is 2.72 bits per heavy atom. The van der Waals surface area contributed by atoms with Gasteiger partial charge in [-0.15, -0.1) is 0 Å². The Morgan fingerprint density at radius 1 is 1.50 bits per heavy atom. The zero-order chi connectivity index (χ0) is 13.7. The van der Waals surface area contributed by atoms with Crippen molar-refractivity contribution in [3.63, 3.8) is 0 Å². The van der Waals surface area contributed by atoms with Gasteiger partial charge in [-0.05, 0) is 47.7 Å². The Balaban J connectivity index is 3.12. The fraction of sp³-hybridized carbons (Fsp3) is 0.182. The largest absolute Gasteiger partial charge is 0.461 e. The molecule has 0 atom stereocenters. The Morgan fingerprint density at radius 2 is 2.17 bits per heavy atom. The number of benzene rings is 1. The first-order chi connectivity index (χ1) is 8.51. The number of halogens is 2. The third kappa shape index (κ3) is 3.25. The minimum atomic E-state index is -1.09. The van der Waals surface area contributed by atoms with Crippen LogP contribution in [0.3, 0.4) is 0 Å². The Kier molecular flexibility index (Phi) is 5.20. The second-order valence-corrected chi connectivity index (χ2v) is 4.37. The third-order valence-electron chi connectivity index (χ3n) is 1.96. The van der Waals surface area contributed by atoms with Gasteiger partial charge in [0.2, 0.25) is 11.5 Å². The fourth-order valence-electron chi connectivity index (χ4n) is 1.18. The number of hydrogen-bond donors (Lipinski definition) is 1. The second kappa shape index (κ2) is 6.43. The molecule has 0 bridgehead atoms. The maximum Gasteiger partial charge on any atom is 0.364 e. The fourth-order valence-corrected chi connectivity index (χ4v) is 1.67. The summed E-state index contributed by atoms with van der Waals surface area (Å²) in [5.41, 5.74) is -1.19. The van der Waals surface area contributed by atoms with E-state index in [1.165, 1.54) is 19.1 Å². The lowest BCUT2D eigenvalue weighted by molar-refractivity contribution is -0.135. The van der Waals surface area contributed by atoms with Crippen LogP contribution in [0.25, 0.3) is 0 Å². The van der Waals surface area contributed by atoms with Gasteiger partial charge in [-0.1, -0.05) is 5.16 Å². The second-order valence-electron chi connectivity index (χ2n) is 3.12. The van der Waals surface area contributed by atoms with E-state index in [0.717, 1.165) is 6.07 Å². The Hall–Kier alpha value is -1.51. The molecule has 0 fully saturated rings. The van der Waals surface area contributed by atoms with E-state index < -0.39 is 23.3 Å². The normalized spacial score (nSPS) is 11.2. The van der Waals surface area contributed by atoms with E-state index in [2.05, 4.69) is 9.89 Å². The van der Waals surface area contributed by atoms with Crippen molar-refractivity contribution < 1.29 is 23.9 Å². The highest BCUT2D eigenvalue weighted by atomic mass is 127. The average molecular weight is 365 g/mol. The standard InChI is InChI=1S/C11H9FINO4/c1-2-18-11(16)9(14-17)10(15)7-5-6(13)3-4-8(7)12/h3-5,17H,2H2,1H3. The molecule has 0 aliphatic carbocycles. The quantitative estimate of drug-likeness (QED) is 0.169. The molecule has 0 spiro atoms. The molecule has 0 saturated heterocycles. The first-order valence-electron chi connectivity index (χ1n) is 4.90. The molecule has 0 heterocycles. The Bertz CT molecular complexity index is 516. The number of ether oxygens (including phenoxy) is 1. The summed E-state index contributed by atoms with van der Waals surface area (Å²) in [5.74, 6) is -2.92. The number of carbonyl (C=O) groups excluding carboxylic acids is 2. The number of oxime groups is 1. The number of ketones is 1. The van der Waals surface area contributed by atoms with Crippen LogP contribution >= 0.6 is 22.6 Å². The van der Waals surface area contributed by atoms with Crippen LogP contribution in [0.1, 0.15) is 17.3 Å². The number of hydrogen-bond acceptors (Lipinski definition) is 5. The van der Waals surface area contributed by atoms with Crippen LogP contribution in [-0.4, -0.2) is 29.3 Å². The van der Waals surface area contributed by atoms with Crippen molar-refractivity contribution in [3.05, 3.63) is 33.1 Å². The third-order valence-corrected chi connectivity index (χ3v) is 2.63. The number of nitrogens with zero attached hydrogens (tertiary/aromatic N) is 1. The lowest BCUT2D eigenvalue weighted by atomic mass is 10.1. The first kappa shape index (κ1) is 14.6. The molecule has 0 aliphatic heterocycles. The lowest BCUT2D eigenvalue weighted by Crippen LogP contribution is -2.27. The summed E-state index contributed by atoms with van der Waals surface area (Å²) in [4.78, 5) is 23.2. The van der Waals surface area contributed by atoms with Crippen molar-refractivity contribution in [2.24, 2.45) is 5.16 Å². The van der Waals surface area contributed by atoms with Crippen LogP contribution in [-0.2, 0) is 9.53 Å². The highest BCUT2D eigenvalue weighted by Crippen LogP contribution is 2.14. The van der Waals surface area contributed by atoms with Crippen molar-refractivity contribution >= 4 is 40.1 Å². The zero-order valence-electron chi connectivity index (χ0n) is 9.31. The van der Waals surface area contributed by atoms with Gasteiger partial charge in [-0.2, -0.15) is 0 Å². The summed E-state index contributed by atoms with van der Waals surface area (Å²) in [6, 6.07) is 3.81. The minimum absolute atomic E-state index is 0.0138. The first-order valence-corrected chi connectivity index (χ1v) is 5.98. The molecule has 0 amide bonds. The number of carbonyl (C=O) groups is 2. The summed E-state index contributed by atoms with van der Waals surface area (Å²) < 4.78 is 18.6. The van der Waals surface area contributed by atoms with E-state index in [4.69, 9.17) is 5.21 Å². The molecule has 0 aromatic heterocycles. The molecule has 0 unspecified atom stereocenters. The van der Waals surface area contributed by atoms with E-state index in [0.29, 0.717) is 3.57 Å². The van der Waals surface area contributed by atoms with Gasteiger partial charge in [0.25, 0.3) is 0 Å². The van der Waals surface area contributed by atoms with Crippen molar-refractivity contribution in [1.29, 1.82) is 0 Å². The van der Waals surface area contributed by atoms with Gasteiger partial charge in [-0.3, -0.25) is 4.79 Å². The average Bonchev–Trinajstić information content (AvgIpc) is 2.33. The van der Waals surface area contributed by atoms with E-state index in [1.807, 2.05) is 22.6 Å². The van der Waals surface area contributed by atoms with Gasteiger partial charge in [-0.25, -0.2) is 9.18 Å². The highest BCUT2D eigenvalue weighted by Gasteiger charge is 2.26. The zero-order valence-corrected chi connectivity index (χ0v) is 11.5. The van der Waals surface area contributed by atoms with E-state index in [9.17, 15) is 14.0 Å². The van der Waals surface area contributed by atoms with Gasteiger partial charge >= 0.3 is 5.97 Å². The van der Waals surface area contributed by atoms with Crippen molar-refractivity contribution in [2.75, 3.05) is 6.61 Å². The number of esters is 1. The molecular formula is C11H9FINO4. The summed E-state index contributed by atoms with van der Waals surface area (Å²) in [6.07, 6.45) is 0. The predicted molar refractivity (Wildman–Crippen MR) is 69.3 cm³/mol. The SMILES string of the molecule is CCOC(=O)C(=NO)C(=O)c1cc(I)ccc1F. The number of rotatable bonds is 4. The van der Waals surface area contributed by atoms with Crippen LogP contribution in [0.15, 0.2) is 23.4 Å². The highest BCUT2D eigenvalue weighted by molar-refractivity contribution is 14.1. The summed E-state index contributed by atoms with van der Waals surface area (Å²) in [5, 5.41) is 11.2. The van der Waals surface area contributed by atoms with Gasteiger partial charge in [0, 0.05) is 3.57 Å². The lowest BCUT2D eigenvalue weighted by Gasteiger charge is -2.04. The van der Waals surface area contributed by atoms with Crippen LogP contribution in [0.4, 0.5) is 4.39 Å². The topological polar surface area (TPSA) is 76.0 Å². The van der Waals surface area contributed by atoms with Crippen LogP contribution in [0, 0.1) is 9.39 Å². The monoisotopic (exact) mass is 365 g/mol. The van der Waals surface area contributed by atoms with Gasteiger partial charge in [0.1, 0.15) is 5.82 Å². The van der Waals surface area contributed by atoms with E-state index >= 15 is 0 Å². The molecule has 1 rings (SSSR count). The smallest absolute Gasteiger partial charge is 0.364 e. The molecule has 1 aromatic rings. The summed E-state index contributed by atoms with van der Waals surface area (Å²) >= 11 is 1.89. The predicted octanol–water partition coefficient (Wildman–Crippen LogP) is 2.01. The maximum atomic E-state index is 13.5. The van der Waals surface area contributed by atoms with Gasteiger partial charge < -0.3 is 9.94 Å². The van der Waals surface area contributed by atoms with Gasteiger partial charge in [0.15, 0.2) is 0 Å². The summed E-state index contributed by atoms with van der Waals surface area (Å²) in [6.45, 7) is 1.54. The van der Waals surface area contributed by atoms with Crippen molar-refractivity contribution in [1.82, 2.24) is 0 Å². The van der Waals surface area contributed by atoms with Crippen molar-refractivity contribution in [3.8, 4) is 0 Å². The van der Waals surface area contributed by atoms with Gasteiger partial charge in [0.05, 0.1) is 12.2 Å². The van der Waals surface area contributed by atoms with Crippen molar-refractivity contribution in [2.45, 2.75) is 6.92 Å². The van der Waals surface area contributed by atoms with Crippen LogP contribution in [0.5, 0.6) is 0 Å². The Labute approximate surface area is 116 Å². The molecule has 1 aromatic carbocycles. The molecule has 96 valence electrons. The molecule has 0 saturated carbocycles. The molecule has 18 heavy (non-hydrogen) atoms. The van der Waals surface area contributed by atoms with E-state index in [1.54, 1.807) is 0 Å². The minimum Gasteiger partial charge on any atom is -0.461 e. The molecule has 1 N–H and O–H groups in total. The molecule has 5 nitrogen and oxygen atoms in total. The summed E-state index contributed by atoms with van der Waals surface area (Å²) in [7, 11) is 0. The molecule has 0 radical (unpaired) electrons. The molecule has 7 heteroatoms.